The van der Waals surface area contributed by atoms with E-state index in [4.69, 9.17) is 4.74 Å². The fraction of sp³-hybridized carbons (Fsp3) is 0.250. The third-order valence-corrected chi connectivity index (χ3v) is 2.41. The van der Waals surface area contributed by atoms with Crippen LogP contribution < -0.4 is 4.74 Å². The number of nitrogens with zero attached hydrogens (tertiary/aromatic N) is 3. The van der Waals surface area contributed by atoms with E-state index in [2.05, 4.69) is 9.97 Å². The first-order valence-corrected chi connectivity index (χ1v) is 5.22. The zero-order valence-electron chi connectivity index (χ0n) is 9.75. The molecule has 5 heteroatoms. The lowest BCUT2D eigenvalue weighted by Gasteiger charge is -2.08. The molecule has 88 valence electrons. The van der Waals surface area contributed by atoms with Crippen LogP contribution in [0.1, 0.15) is 22.0 Å². The molecule has 0 aliphatic rings. The number of ether oxygens (including phenoxy) is 1. The van der Waals surface area contributed by atoms with Gasteiger partial charge in [-0.15, -0.1) is 0 Å². The number of rotatable bonds is 4. The van der Waals surface area contributed by atoms with Gasteiger partial charge in [0.05, 0.1) is 0 Å². The predicted octanol–water partition coefficient (Wildman–Crippen LogP) is 1.52. The topological polar surface area (TPSA) is 57.0 Å². The van der Waals surface area contributed by atoms with Gasteiger partial charge in [0.2, 0.25) is 0 Å². The molecule has 0 saturated carbocycles. The summed E-state index contributed by atoms with van der Waals surface area (Å²) in [6.07, 6.45) is 4.24. The van der Waals surface area contributed by atoms with Gasteiger partial charge in [-0.3, -0.25) is 4.79 Å². The molecule has 0 radical (unpaired) electrons. The average molecular weight is 231 g/mol. The molecule has 0 aliphatic carbocycles. The van der Waals surface area contributed by atoms with Gasteiger partial charge in [0.25, 0.3) is 0 Å². The van der Waals surface area contributed by atoms with Crippen LogP contribution in [0.15, 0.2) is 24.5 Å². The maximum absolute atomic E-state index is 10.8. The van der Waals surface area contributed by atoms with Gasteiger partial charge in [0.1, 0.15) is 23.9 Å². The van der Waals surface area contributed by atoms with Gasteiger partial charge in [-0.05, 0) is 19.1 Å². The Bertz CT molecular complexity index is 534. The smallest absolute Gasteiger partial charge is 0.172 e. The lowest BCUT2D eigenvalue weighted by Crippen LogP contribution is -2.05. The van der Waals surface area contributed by atoms with Gasteiger partial charge >= 0.3 is 0 Å². The van der Waals surface area contributed by atoms with Crippen LogP contribution in [0.25, 0.3) is 0 Å². The summed E-state index contributed by atoms with van der Waals surface area (Å²) in [5.74, 6) is 1.27. The Labute approximate surface area is 99.1 Å². The first kappa shape index (κ1) is 11.3. The Morgan fingerprint density at radius 2 is 2.29 bits per heavy atom. The Balaban J connectivity index is 2.14. The number of imidazole rings is 1. The van der Waals surface area contributed by atoms with E-state index in [9.17, 15) is 4.79 Å². The number of carbonyl (C=O) groups is 1. The molecular formula is C12H13N3O2. The normalized spacial score (nSPS) is 10.2. The first-order chi connectivity index (χ1) is 8.20. The van der Waals surface area contributed by atoms with E-state index >= 15 is 0 Å². The van der Waals surface area contributed by atoms with Crippen LogP contribution in [-0.4, -0.2) is 20.8 Å². The van der Waals surface area contributed by atoms with E-state index in [1.54, 1.807) is 18.3 Å². The first-order valence-electron chi connectivity index (χ1n) is 5.22. The fourth-order valence-corrected chi connectivity index (χ4v) is 1.45. The molecular weight excluding hydrogens is 218 g/mol. The van der Waals surface area contributed by atoms with Gasteiger partial charge in [0.15, 0.2) is 6.29 Å². The highest BCUT2D eigenvalue weighted by atomic mass is 16.5. The summed E-state index contributed by atoms with van der Waals surface area (Å²) in [5, 5.41) is 0. The summed E-state index contributed by atoms with van der Waals surface area (Å²) in [6.45, 7) is 2.14. The number of carbonyl (C=O) groups excluding carboxylic acids is 1. The number of aromatic nitrogens is 3. The lowest BCUT2D eigenvalue weighted by atomic mass is 10.3. The van der Waals surface area contributed by atoms with Crippen LogP contribution in [0.3, 0.4) is 0 Å². The molecule has 5 nitrogen and oxygen atoms in total. The molecule has 0 bridgehead atoms. The minimum atomic E-state index is 0.315. The third-order valence-electron chi connectivity index (χ3n) is 2.41. The van der Waals surface area contributed by atoms with Gasteiger partial charge in [-0.2, -0.15) is 0 Å². The Hall–Kier alpha value is -2.17. The van der Waals surface area contributed by atoms with Crippen molar-refractivity contribution in [1.29, 1.82) is 0 Å². The molecule has 0 aliphatic heterocycles. The summed E-state index contributed by atoms with van der Waals surface area (Å²) in [4.78, 5) is 19.1. The molecule has 0 saturated heterocycles. The largest absolute Gasteiger partial charge is 0.483 e. The highest BCUT2D eigenvalue weighted by Gasteiger charge is 2.06. The van der Waals surface area contributed by atoms with E-state index in [1.165, 1.54) is 0 Å². The molecule has 0 fully saturated rings. The third kappa shape index (κ3) is 2.50. The van der Waals surface area contributed by atoms with Crippen LogP contribution in [0.4, 0.5) is 0 Å². The van der Waals surface area contributed by atoms with E-state index in [-0.39, 0.29) is 0 Å². The lowest BCUT2D eigenvalue weighted by molar-refractivity contribution is 0.111. The van der Waals surface area contributed by atoms with Crippen LogP contribution >= 0.6 is 0 Å². The number of hydrogen-bond donors (Lipinski definition) is 0. The number of hydrogen-bond acceptors (Lipinski definition) is 4. The van der Waals surface area contributed by atoms with Crippen molar-refractivity contribution in [3.8, 4) is 5.75 Å². The van der Waals surface area contributed by atoms with Crippen molar-refractivity contribution in [3.05, 3.63) is 41.7 Å². The molecule has 0 aromatic carbocycles. The zero-order chi connectivity index (χ0) is 12.3. The van der Waals surface area contributed by atoms with Crippen molar-refractivity contribution in [1.82, 2.24) is 14.5 Å². The van der Waals surface area contributed by atoms with Crippen molar-refractivity contribution in [3.63, 3.8) is 0 Å². The summed E-state index contributed by atoms with van der Waals surface area (Å²) < 4.78 is 7.39. The van der Waals surface area contributed by atoms with E-state index in [1.807, 2.05) is 24.7 Å². The summed E-state index contributed by atoms with van der Waals surface area (Å²) in [6, 6.07) is 3.55. The van der Waals surface area contributed by atoms with Crippen molar-refractivity contribution in [2.75, 3.05) is 0 Å². The molecule has 0 amide bonds. The Kier molecular flexibility index (Phi) is 3.18. The summed E-state index contributed by atoms with van der Waals surface area (Å²) in [5.41, 5.74) is 1.11. The van der Waals surface area contributed by atoms with Gasteiger partial charge < -0.3 is 9.30 Å². The number of aldehydes is 1. The highest BCUT2D eigenvalue weighted by Crippen LogP contribution is 2.16. The molecule has 0 spiro atoms. The van der Waals surface area contributed by atoms with Crippen molar-refractivity contribution < 1.29 is 9.53 Å². The van der Waals surface area contributed by atoms with Crippen molar-refractivity contribution >= 4 is 6.29 Å². The standard InChI is InChI=1S/C12H13N3O2/c1-9-3-4-11(10(7-16)14-9)17-8-12-13-5-6-15(12)2/h3-7H,8H2,1-2H3. The molecule has 2 heterocycles. The number of aryl methyl sites for hydroxylation is 2. The molecule has 0 unspecified atom stereocenters. The highest BCUT2D eigenvalue weighted by molar-refractivity contribution is 5.76. The molecule has 2 aromatic heterocycles. The molecule has 0 atom stereocenters. The van der Waals surface area contributed by atoms with E-state index in [0.717, 1.165) is 11.5 Å². The molecule has 2 aromatic rings. The monoisotopic (exact) mass is 231 g/mol. The van der Waals surface area contributed by atoms with E-state index < -0.39 is 0 Å². The second kappa shape index (κ2) is 4.78. The Morgan fingerprint density at radius 1 is 1.47 bits per heavy atom. The molecule has 2 rings (SSSR count). The predicted molar refractivity (Wildman–Crippen MR) is 61.9 cm³/mol. The fourth-order valence-electron chi connectivity index (χ4n) is 1.45. The minimum absolute atomic E-state index is 0.315. The van der Waals surface area contributed by atoms with Gasteiger partial charge in [-0.1, -0.05) is 0 Å². The van der Waals surface area contributed by atoms with Crippen LogP contribution in [0.2, 0.25) is 0 Å². The average Bonchev–Trinajstić information content (AvgIpc) is 2.73. The van der Waals surface area contributed by atoms with Crippen LogP contribution in [0.5, 0.6) is 5.75 Å². The van der Waals surface area contributed by atoms with Crippen molar-refractivity contribution in [2.45, 2.75) is 13.5 Å². The molecule has 17 heavy (non-hydrogen) atoms. The van der Waals surface area contributed by atoms with E-state index in [0.29, 0.717) is 24.3 Å². The van der Waals surface area contributed by atoms with Crippen LogP contribution in [-0.2, 0) is 13.7 Å². The van der Waals surface area contributed by atoms with Crippen molar-refractivity contribution in [2.24, 2.45) is 7.05 Å². The second-order valence-electron chi connectivity index (χ2n) is 3.70. The number of pyridine rings is 1. The quantitative estimate of drug-likeness (QED) is 0.748. The maximum Gasteiger partial charge on any atom is 0.172 e. The Morgan fingerprint density at radius 3 is 2.94 bits per heavy atom. The van der Waals surface area contributed by atoms with Gasteiger partial charge in [-0.25, -0.2) is 9.97 Å². The molecule has 0 N–H and O–H groups in total. The summed E-state index contributed by atoms with van der Waals surface area (Å²) >= 11 is 0. The van der Waals surface area contributed by atoms with Crippen LogP contribution in [0, 0.1) is 6.92 Å². The maximum atomic E-state index is 10.8. The SMILES string of the molecule is Cc1ccc(OCc2nccn2C)c(C=O)n1. The summed E-state index contributed by atoms with van der Waals surface area (Å²) in [7, 11) is 1.89. The second-order valence-corrected chi connectivity index (χ2v) is 3.70. The minimum Gasteiger partial charge on any atom is -0.483 e. The van der Waals surface area contributed by atoms with Gasteiger partial charge in [0, 0.05) is 25.1 Å². The zero-order valence-corrected chi connectivity index (χ0v) is 9.75.